The van der Waals surface area contributed by atoms with Gasteiger partial charge in [-0.15, -0.1) is 0 Å². The Kier molecular flexibility index (Phi) is 5.16. The maximum atomic E-state index is 13.2. The Bertz CT molecular complexity index is 753. The minimum absolute atomic E-state index is 0.0717. The van der Waals surface area contributed by atoms with Crippen molar-refractivity contribution in [3.63, 3.8) is 0 Å². The number of alkyl halides is 2. The Labute approximate surface area is 145 Å². The van der Waals surface area contributed by atoms with E-state index in [0.29, 0.717) is 42.9 Å². The molecule has 6 heteroatoms. The zero-order valence-corrected chi connectivity index (χ0v) is 14.1. The predicted octanol–water partition coefficient (Wildman–Crippen LogP) is 4.62. The van der Waals surface area contributed by atoms with E-state index in [9.17, 15) is 13.6 Å². The molecular weight excluding hydrogens is 328 g/mol. The first-order valence-corrected chi connectivity index (χ1v) is 8.55. The van der Waals surface area contributed by atoms with E-state index in [2.05, 4.69) is 4.98 Å². The van der Waals surface area contributed by atoms with Gasteiger partial charge in [-0.3, -0.25) is 4.98 Å². The van der Waals surface area contributed by atoms with Gasteiger partial charge in [-0.25, -0.2) is 13.6 Å². The second-order valence-corrected chi connectivity index (χ2v) is 6.38. The lowest BCUT2D eigenvalue weighted by molar-refractivity contribution is -0.0498. The van der Waals surface area contributed by atoms with Gasteiger partial charge in [0.1, 0.15) is 11.3 Å². The summed E-state index contributed by atoms with van der Waals surface area (Å²) in [4.78, 5) is 16.1. The number of pyridine rings is 1. The molecule has 0 amide bonds. The minimum Gasteiger partial charge on any atom is -0.491 e. The minimum atomic E-state index is -2.53. The van der Waals surface area contributed by atoms with Crippen LogP contribution in [0.4, 0.5) is 8.78 Å². The van der Waals surface area contributed by atoms with Crippen LogP contribution in [0.2, 0.25) is 0 Å². The lowest BCUT2D eigenvalue weighted by atomic mass is 9.87. The van der Waals surface area contributed by atoms with Gasteiger partial charge in [-0.1, -0.05) is 12.1 Å². The summed E-state index contributed by atoms with van der Waals surface area (Å²) in [6, 6.07) is 7.19. The Balaban J connectivity index is 1.71. The van der Waals surface area contributed by atoms with E-state index in [0.717, 1.165) is 5.39 Å². The summed E-state index contributed by atoms with van der Waals surface area (Å²) >= 11 is 0. The molecule has 0 radical (unpaired) electrons. The van der Waals surface area contributed by atoms with E-state index in [1.807, 2.05) is 12.1 Å². The number of esters is 1. The number of para-hydroxylation sites is 1. The van der Waals surface area contributed by atoms with Gasteiger partial charge in [0.2, 0.25) is 5.92 Å². The number of carbonyl (C=O) groups is 1. The van der Waals surface area contributed by atoms with Gasteiger partial charge in [0, 0.05) is 24.4 Å². The Morgan fingerprint density at radius 3 is 2.80 bits per heavy atom. The summed E-state index contributed by atoms with van der Waals surface area (Å²) in [5, 5.41) is 0.776. The molecule has 1 aliphatic carbocycles. The molecule has 1 saturated carbocycles. The highest BCUT2D eigenvalue weighted by atomic mass is 19.3. The molecule has 1 aromatic carbocycles. The number of aromatic nitrogens is 1. The molecule has 1 aromatic heterocycles. The third-order valence-corrected chi connectivity index (χ3v) is 4.50. The van der Waals surface area contributed by atoms with Gasteiger partial charge in [0.05, 0.1) is 18.8 Å². The molecule has 0 atom stereocenters. The second-order valence-electron chi connectivity index (χ2n) is 6.38. The lowest BCUT2D eigenvalue weighted by Gasteiger charge is -2.28. The molecule has 2 aromatic rings. The highest BCUT2D eigenvalue weighted by Crippen LogP contribution is 2.36. The molecule has 0 unspecified atom stereocenters. The van der Waals surface area contributed by atoms with Crippen molar-refractivity contribution in [2.45, 2.75) is 38.5 Å². The number of carbonyl (C=O) groups excluding carboxylic acids is 1. The first-order valence-electron chi connectivity index (χ1n) is 8.55. The quantitative estimate of drug-likeness (QED) is 0.739. The lowest BCUT2D eigenvalue weighted by Crippen LogP contribution is -2.27. The van der Waals surface area contributed by atoms with Crippen molar-refractivity contribution in [2.24, 2.45) is 5.92 Å². The summed E-state index contributed by atoms with van der Waals surface area (Å²) in [5.74, 6) is -2.20. The van der Waals surface area contributed by atoms with Crippen molar-refractivity contribution in [1.29, 1.82) is 0 Å². The average Bonchev–Trinajstić information content (AvgIpc) is 2.60. The van der Waals surface area contributed by atoms with Crippen LogP contribution in [-0.4, -0.2) is 30.1 Å². The van der Waals surface area contributed by atoms with E-state index < -0.39 is 11.9 Å². The van der Waals surface area contributed by atoms with Crippen molar-refractivity contribution in [3.8, 4) is 5.75 Å². The predicted molar refractivity (Wildman–Crippen MR) is 90.1 cm³/mol. The Morgan fingerprint density at radius 2 is 2.08 bits per heavy atom. The summed E-state index contributed by atoms with van der Waals surface area (Å²) in [6.45, 7) is 2.45. The average molecular weight is 349 g/mol. The standard InChI is InChI=1S/C19H21F2NO3/c1-2-24-18(23)15-10-14-4-3-5-16(17(14)22-11-15)25-12-13-6-8-19(20,21)9-7-13/h3-5,10-11,13H,2,6-9,12H2,1H3. The molecule has 4 nitrogen and oxygen atoms in total. The van der Waals surface area contributed by atoms with Gasteiger partial charge in [0.15, 0.2) is 0 Å². The van der Waals surface area contributed by atoms with E-state index in [1.54, 1.807) is 19.1 Å². The van der Waals surface area contributed by atoms with Gasteiger partial charge in [0.25, 0.3) is 0 Å². The number of benzene rings is 1. The molecule has 1 heterocycles. The number of hydrogen-bond donors (Lipinski definition) is 0. The zero-order valence-electron chi connectivity index (χ0n) is 14.1. The topological polar surface area (TPSA) is 48.4 Å². The highest BCUT2D eigenvalue weighted by Gasteiger charge is 2.35. The highest BCUT2D eigenvalue weighted by molar-refractivity contribution is 5.95. The van der Waals surface area contributed by atoms with Crippen molar-refractivity contribution in [3.05, 3.63) is 36.0 Å². The molecule has 134 valence electrons. The van der Waals surface area contributed by atoms with Gasteiger partial charge in [-0.05, 0) is 37.8 Å². The molecule has 3 rings (SSSR count). The van der Waals surface area contributed by atoms with Crippen LogP contribution in [0.1, 0.15) is 43.0 Å². The van der Waals surface area contributed by atoms with Crippen LogP contribution in [0.3, 0.4) is 0 Å². The van der Waals surface area contributed by atoms with Gasteiger partial charge < -0.3 is 9.47 Å². The summed E-state index contributed by atoms with van der Waals surface area (Å²) < 4.78 is 37.3. The van der Waals surface area contributed by atoms with Crippen LogP contribution in [0.5, 0.6) is 5.75 Å². The van der Waals surface area contributed by atoms with Crippen molar-refractivity contribution >= 4 is 16.9 Å². The number of fused-ring (bicyclic) bond motifs is 1. The number of ether oxygens (including phenoxy) is 2. The van der Waals surface area contributed by atoms with E-state index >= 15 is 0 Å². The van der Waals surface area contributed by atoms with Crippen LogP contribution in [-0.2, 0) is 4.74 Å². The normalized spacial score (nSPS) is 17.4. The third kappa shape index (κ3) is 4.24. The number of nitrogens with zero attached hydrogens (tertiary/aromatic N) is 1. The molecule has 0 saturated heterocycles. The van der Waals surface area contributed by atoms with Crippen LogP contribution in [0, 0.1) is 5.92 Å². The molecule has 0 bridgehead atoms. The summed E-state index contributed by atoms with van der Waals surface area (Å²) in [5.41, 5.74) is 1.04. The van der Waals surface area contributed by atoms with Crippen molar-refractivity contribution < 1.29 is 23.0 Å². The first-order chi connectivity index (χ1) is 12.0. The van der Waals surface area contributed by atoms with E-state index in [-0.39, 0.29) is 18.8 Å². The fourth-order valence-corrected chi connectivity index (χ4v) is 3.05. The largest absolute Gasteiger partial charge is 0.491 e. The van der Waals surface area contributed by atoms with Gasteiger partial charge >= 0.3 is 5.97 Å². The fraction of sp³-hybridized carbons (Fsp3) is 0.474. The maximum Gasteiger partial charge on any atom is 0.339 e. The van der Waals surface area contributed by atoms with Crippen LogP contribution >= 0.6 is 0 Å². The molecule has 0 spiro atoms. The smallest absolute Gasteiger partial charge is 0.339 e. The molecule has 1 fully saturated rings. The molecule has 1 aliphatic rings. The van der Waals surface area contributed by atoms with E-state index in [4.69, 9.17) is 9.47 Å². The second kappa shape index (κ2) is 7.33. The SMILES string of the molecule is CCOC(=O)c1cnc2c(OCC3CCC(F)(F)CC3)cccc2c1. The number of rotatable bonds is 5. The van der Waals surface area contributed by atoms with Crippen molar-refractivity contribution in [1.82, 2.24) is 4.98 Å². The van der Waals surface area contributed by atoms with Crippen LogP contribution < -0.4 is 4.74 Å². The summed E-state index contributed by atoms with van der Waals surface area (Å²) in [6.07, 6.45) is 2.26. The number of halogens is 2. The zero-order chi connectivity index (χ0) is 17.9. The van der Waals surface area contributed by atoms with E-state index in [1.165, 1.54) is 6.20 Å². The molecule has 0 aliphatic heterocycles. The Morgan fingerprint density at radius 1 is 1.32 bits per heavy atom. The van der Waals surface area contributed by atoms with Gasteiger partial charge in [-0.2, -0.15) is 0 Å². The monoisotopic (exact) mass is 349 g/mol. The Hall–Kier alpha value is -2.24. The molecule has 0 N–H and O–H groups in total. The molecular formula is C19H21F2NO3. The molecule has 25 heavy (non-hydrogen) atoms. The fourth-order valence-electron chi connectivity index (χ4n) is 3.05. The van der Waals surface area contributed by atoms with Crippen molar-refractivity contribution in [2.75, 3.05) is 13.2 Å². The number of hydrogen-bond acceptors (Lipinski definition) is 4. The third-order valence-electron chi connectivity index (χ3n) is 4.50. The summed E-state index contributed by atoms with van der Waals surface area (Å²) in [7, 11) is 0. The van der Waals surface area contributed by atoms with Crippen LogP contribution in [0.15, 0.2) is 30.5 Å². The first kappa shape index (κ1) is 17.6. The maximum absolute atomic E-state index is 13.2. The van der Waals surface area contributed by atoms with Crippen LogP contribution in [0.25, 0.3) is 10.9 Å².